The molecule has 0 unspecified atom stereocenters. The lowest BCUT2D eigenvalue weighted by atomic mass is 10.0. The minimum atomic E-state index is -0.790. The largest absolute Gasteiger partial charge is 0.324 e. The summed E-state index contributed by atoms with van der Waals surface area (Å²) in [5.41, 5.74) is 5.26. The molecule has 104 valence electrons. The van der Waals surface area contributed by atoms with E-state index in [9.17, 15) is 19.3 Å². The van der Waals surface area contributed by atoms with Gasteiger partial charge in [-0.15, -0.1) is 0 Å². The van der Waals surface area contributed by atoms with Gasteiger partial charge in [-0.05, 0) is 18.4 Å². The van der Waals surface area contributed by atoms with E-state index in [1.165, 1.54) is 0 Å². The van der Waals surface area contributed by atoms with Crippen molar-refractivity contribution < 1.29 is 14.1 Å². The van der Waals surface area contributed by atoms with Gasteiger partial charge in [0.1, 0.15) is 5.82 Å². The molecule has 1 aromatic rings. The summed E-state index contributed by atoms with van der Waals surface area (Å²) < 4.78 is 13.2. The molecule has 0 saturated heterocycles. The molecule has 1 rings (SSSR count). The number of halogens is 1. The van der Waals surface area contributed by atoms with E-state index in [0.717, 1.165) is 18.2 Å². The lowest BCUT2D eigenvalue weighted by Gasteiger charge is -2.14. The highest BCUT2D eigenvalue weighted by molar-refractivity contribution is 5.94. The number of amides is 1. The summed E-state index contributed by atoms with van der Waals surface area (Å²) in [6, 6.07) is 2.14. The maximum atomic E-state index is 13.2. The average Bonchev–Trinajstić information content (AvgIpc) is 2.26. The van der Waals surface area contributed by atoms with Crippen molar-refractivity contribution in [1.82, 2.24) is 0 Å². The van der Waals surface area contributed by atoms with Gasteiger partial charge in [0.15, 0.2) is 0 Å². The van der Waals surface area contributed by atoms with E-state index in [1.54, 1.807) is 0 Å². The predicted molar refractivity (Wildman–Crippen MR) is 69.1 cm³/mol. The molecular formula is C12H16FN3O3. The number of nitro benzene ring substituents is 1. The summed E-state index contributed by atoms with van der Waals surface area (Å²) >= 11 is 0. The zero-order valence-corrected chi connectivity index (χ0v) is 10.7. The highest BCUT2D eigenvalue weighted by atomic mass is 19.1. The highest BCUT2D eigenvalue weighted by Gasteiger charge is 2.17. The van der Waals surface area contributed by atoms with Crippen molar-refractivity contribution in [3.8, 4) is 0 Å². The molecule has 0 radical (unpaired) electrons. The van der Waals surface area contributed by atoms with Crippen LogP contribution in [-0.4, -0.2) is 16.9 Å². The van der Waals surface area contributed by atoms with Crippen LogP contribution >= 0.6 is 0 Å². The Hall–Kier alpha value is -2.02. The molecule has 0 heterocycles. The van der Waals surface area contributed by atoms with Gasteiger partial charge in [0.2, 0.25) is 5.91 Å². The van der Waals surface area contributed by atoms with Gasteiger partial charge in [-0.25, -0.2) is 4.39 Å². The Bertz CT molecular complexity index is 491. The van der Waals surface area contributed by atoms with Gasteiger partial charge < -0.3 is 11.1 Å². The normalized spacial score (nSPS) is 12.3. The fourth-order valence-corrected chi connectivity index (χ4v) is 1.60. The Morgan fingerprint density at radius 1 is 1.47 bits per heavy atom. The van der Waals surface area contributed by atoms with E-state index in [0.29, 0.717) is 6.42 Å². The summed E-state index contributed by atoms with van der Waals surface area (Å²) in [7, 11) is 0. The fourth-order valence-electron chi connectivity index (χ4n) is 1.60. The van der Waals surface area contributed by atoms with E-state index in [4.69, 9.17) is 5.73 Å². The number of nitrogens with two attached hydrogens (primary N) is 1. The Morgan fingerprint density at radius 2 is 2.11 bits per heavy atom. The van der Waals surface area contributed by atoms with E-state index < -0.39 is 28.4 Å². The van der Waals surface area contributed by atoms with E-state index >= 15 is 0 Å². The zero-order valence-electron chi connectivity index (χ0n) is 10.7. The monoisotopic (exact) mass is 269 g/mol. The van der Waals surface area contributed by atoms with Crippen molar-refractivity contribution >= 4 is 17.3 Å². The van der Waals surface area contributed by atoms with Crippen LogP contribution in [-0.2, 0) is 4.79 Å². The van der Waals surface area contributed by atoms with Crippen LogP contribution < -0.4 is 11.1 Å². The molecule has 19 heavy (non-hydrogen) atoms. The molecule has 0 aliphatic rings. The number of nitrogens with zero attached hydrogens (tertiary/aromatic N) is 1. The third-order valence-electron chi connectivity index (χ3n) is 2.42. The first-order valence-corrected chi connectivity index (χ1v) is 5.81. The Labute approximate surface area is 109 Å². The van der Waals surface area contributed by atoms with E-state index in [-0.39, 0.29) is 11.6 Å². The number of non-ortho nitro benzene ring substituents is 1. The zero-order chi connectivity index (χ0) is 14.6. The number of carbonyl (C=O) groups excluding carboxylic acids is 1. The molecule has 3 N–H and O–H groups in total. The summed E-state index contributed by atoms with van der Waals surface area (Å²) in [6.07, 6.45) is 0.475. The van der Waals surface area contributed by atoms with Gasteiger partial charge in [-0.3, -0.25) is 14.9 Å². The second-order valence-electron chi connectivity index (χ2n) is 4.68. The quantitative estimate of drug-likeness (QED) is 0.631. The smallest absolute Gasteiger partial charge is 0.274 e. The van der Waals surface area contributed by atoms with Gasteiger partial charge in [0.25, 0.3) is 5.69 Å². The van der Waals surface area contributed by atoms with Gasteiger partial charge >= 0.3 is 0 Å². The summed E-state index contributed by atoms with van der Waals surface area (Å²) in [6.45, 7) is 3.83. The lowest BCUT2D eigenvalue weighted by Crippen LogP contribution is -2.36. The molecule has 7 heteroatoms. The predicted octanol–water partition coefficient (Wildman–Crippen LogP) is 2.05. The number of hydrogen-bond donors (Lipinski definition) is 2. The van der Waals surface area contributed by atoms with Crippen LogP contribution in [0, 0.1) is 21.8 Å². The number of nitro groups is 1. The molecule has 0 aliphatic heterocycles. The van der Waals surface area contributed by atoms with Crippen molar-refractivity contribution in [1.29, 1.82) is 0 Å². The number of hydrogen-bond acceptors (Lipinski definition) is 4. The highest BCUT2D eigenvalue weighted by Crippen LogP contribution is 2.20. The minimum Gasteiger partial charge on any atom is -0.324 e. The average molecular weight is 269 g/mol. The molecule has 1 aromatic carbocycles. The summed E-state index contributed by atoms with van der Waals surface area (Å²) in [4.78, 5) is 21.6. The molecule has 0 bridgehead atoms. The maximum absolute atomic E-state index is 13.2. The van der Waals surface area contributed by atoms with E-state index in [1.807, 2.05) is 13.8 Å². The van der Waals surface area contributed by atoms with Gasteiger partial charge in [0, 0.05) is 6.07 Å². The van der Waals surface area contributed by atoms with Gasteiger partial charge in [-0.2, -0.15) is 0 Å². The molecule has 6 nitrogen and oxygen atoms in total. The van der Waals surface area contributed by atoms with Crippen LogP contribution in [0.15, 0.2) is 18.2 Å². The molecule has 0 aromatic heterocycles. The Kier molecular flexibility index (Phi) is 4.94. The number of rotatable bonds is 5. The number of anilines is 1. The maximum Gasteiger partial charge on any atom is 0.274 e. The number of carbonyl (C=O) groups is 1. The van der Waals surface area contributed by atoms with Gasteiger partial charge in [0.05, 0.1) is 22.7 Å². The van der Waals surface area contributed by atoms with E-state index in [2.05, 4.69) is 5.32 Å². The number of benzene rings is 1. The summed E-state index contributed by atoms with van der Waals surface area (Å²) in [5.74, 6) is -1.04. The molecule has 1 atom stereocenters. The molecule has 0 spiro atoms. The first-order valence-electron chi connectivity index (χ1n) is 5.81. The number of nitrogens with one attached hydrogen (secondary N) is 1. The third-order valence-corrected chi connectivity index (χ3v) is 2.42. The van der Waals surface area contributed by atoms with Crippen LogP contribution in [0.1, 0.15) is 20.3 Å². The molecular weight excluding hydrogens is 253 g/mol. The first-order chi connectivity index (χ1) is 8.79. The van der Waals surface area contributed by atoms with Crippen molar-refractivity contribution in [2.45, 2.75) is 26.3 Å². The Morgan fingerprint density at radius 3 is 2.63 bits per heavy atom. The Balaban J connectivity index is 2.82. The first kappa shape index (κ1) is 15.0. The van der Waals surface area contributed by atoms with Crippen molar-refractivity contribution in [2.24, 2.45) is 11.7 Å². The van der Waals surface area contributed by atoms with Crippen molar-refractivity contribution in [3.63, 3.8) is 0 Å². The second kappa shape index (κ2) is 6.24. The topological polar surface area (TPSA) is 98.3 Å². The van der Waals surface area contributed by atoms with Crippen LogP contribution in [0.3, 0.4) is 0 Å². The van der Waals surface area contributed by atoms with Crippen LogP contribution in [0.25, 0.3) is 0 Å². The lowest BCUT2D eigenvalue weighted by molar-refractivity contribution is -0.385. The van der Waals surface area contributed by atoms with Crippen LogP contribution in [0.2, 0.25) is 0 Å². The third kappa shape index (κ3) is 4.63. The minimum absolute atomic E-state index is 0.0240. The molecule has 0 saturated carbocycles. The fraction of sp³-hybridized carbons (Fsp3) is 0.417. The van der Waals surface area contributed by atoms with Crippen molar-refractivity contribution in [2.75, 3.05) is 5.32 Å². The van der Waals surface area contributed by atoms with Gasteiger partial charge in [-0.1, -0.05) is 13.8 Å². The second-order valence-corrected chi connectivity index (χ2v) is 4.68. The summed E-state index contributed by atoms with van der Waals surface area (Å²) in [5, 5.41) is 12.9. The molecule has 0 fully saturated rings. The molecule has 0 aliphatic carbocycles. The van der Waals surface area contributed by atoms with Crippen LogP contribution in [0.4, 0.5) is 15.8 Å². The van der Waals surface area contributed by atoms with Crippen molar-refractivity contribution in [3.05, 3.63) is 34.1 Å². The standard InChI is InChI=1S/C12H16FN3O3/c1-7(2)3-11(14)12(17)15-9-4-8(13)5-10(6-9)16(18)19/h4-7,11H,3,14H2,1-2H3,(H,15,17)/t11-/m1/s1. The molecule has 1 amide bonds. The van der Waals surface area contributed by atoms with Crippen LogP contribution in [0.5, 0.6) is 0 Å². The SMILES string of the molecule is CC(C)C[C@@H](N)C(=O)Nc1cc(F)cc([N+](=O)[O-])c1.